The van der Waals surface area contributed by atoms with Crippen LogP contribution in [0.2, 0.25) is 0 Å². The number of rotatable bonds is 4. The summed E-state index contributed by atoms with van der Waals surface area (Å²) in [5.74, 6) is -0.0812. The minimum atomic E-state index is -0.939. The SMILES string of the molecule is CC(=O)C1=NN(c2ccc(Br)cc2)[C@@]2(S1)c1ccccc1C(c1ccccc1)=NN2c1ccccc1. The summed E-state index contributed by atoms with van der Waals surface area (Å²) >= 11 is 4.96. The average Bonchev–Trinajstić information content (AvgIpc) is 3.32. The number of carbonyl (C=O) groups excluding carboxylic acids is 1. The van der Waals surface area contributed by atoms with E-state index in [1.54, 1.807) is 6.92 Å². The average molecular weight is 553 g/mol. The third kappa shape index (κ3) is 3.67. The first-order valence-corrected chi connectivity index (χ1v) is 13.1. The van der Waals surface area contributed by atoms with Gasteiger partial charge in [0.2, 0.25) is 4.99 Å². The van der Waals surface area contributed by atoms with Crippen molar-refractivity contribution in [3.63, 3.8) is 0 Å². The van der Waals surface area contributed by atoms with Gasteiger partial charge in [-0.15, -0.1) is 0 Å². The molecule has 2 heterocycles. The van der Waals surface area contributed by atoms with Gasteiger partial charge in [-0.3, -0.25) is 4.79 Å². The number of para-hydroxylation sites is 1. The molecule has 1 atom stereocenters. The topological polar surface area (TPSA) is 48.3 Å². The standard InChI is InChI=1S/C29H21BrN4OS/c1-20(35)28-32-34(24-18-16-22(30)17-19-24)29(36-28)26-15-9-8-14-25(26)27(21-10-4-2-5-11-21)31-33(29)23-12-6-3-7-13-23/h2-19H,1H3/t29-/m1/s1. The molecular weight excluding hydrogens is 532 g/mol. The number of carbonyl (C=O) groups is 1. The number of hydrazone groups is 2. The van der Waals surface area contributed by atoms with Crippen molar-refractivity contribution in [1.29, 1.82) is 0 Å². The Kier molecular flexibility index (Phi) is 5.74. The molecule has 0 unspecified atom stereocenters. The van der Waals surface area contributed by atoms with Gasteiger partial charge in [0.05, 0.1) is 17.1 Å². The van der Waals surface area contributed by atoms with Crippen LogP contribution in [0, 0.1) is 0 Å². The number of anilines is 2. The number of benzene rings is 4. The molecule has 0 amide bonds. The van der Waals surface area contributed by atoms with Crippen LogP contribution in [-0.4, -0.2) is 16.5 Å². The van der Waals surface area contributed by atoms with Crippen LogP contribution in [0.4, 0.5) is 11.4 Å². The minimum absolute atomic E-state index is 0.0812. The van der Waals surface area contributed by atoms with E-state index in [4.69, 9.17) is 10.2 Å². The van der Waals surface area contributed by atoms with Gasteiger partial charge in [-0.1, -0.05) is 88.7 Å². The smallest absolute Gasteiger partial charge is 0.234 e. The van der Waals surface area contributed by atoms with E-state index in [-0.39, 0.29) is 5.78 Å². The highest BCUT2D eigenvalue weighted by atomic mass is 79.9. The monoisotopic (exact) mass is 552 g/mol. The number of hydrogen-bond donors (Lipinski definition) is 0. The van der Waals surface area contributed by atoms with Crippen LogP contribution in [0.1, 0.15) is 23.6 Å². The van der Waals surface area contributed by atoms with E-state index < -0.39 is 4.99 Å². The van der Waals surface area contributed by atoms with Gasteiger partial charge >= 0.3 is 0 Å². The number of thioether (sulfide) groups is 1. The number of halogens is 1. The second-order valence-electron chi connectivity index (χ2n) is 8.47. The fourth-order valence-corrected chi connectivity index (χ4v) is 6.09. The van der Waals surface area contributed by atoms with Gasteiger partial charge in [-0.25, -0.2) is 10.0 Å². The third-order valence-corrected chi connectivity index (χ3v) is 8.10. The molecule has 36 heavy (non-hydrogen) atoms. The first kappa shape index (κ1) is 22.8. The highest BCUT2D eigenvalue weighted by molar-refractivity contribution is 9.10. The molecule has 0 aromatic heterocycles. The molecule has 2 aliphatic heterocycles. The summed E-state index contributed by atoms with van der Waals surface area (Å²) in [5.41, 5.74) is 5.66. The normalized spacial score (nSPS) is 18.6. The van der Waals surface area contributed by atoms with Crippen molar-refractivity contribution >= 4 is 55.6 Å². The molecule has 0 saturated heterocycles. The van der Waals surface area contributed by atoms with Gasteiger partial charge in [-0.2, -0.15) is 10.2 Å². The predicted octanol–water partition coefficient (Wildman–Crippen LogP) is 6.99. The Morgan fingerprint density at radius 2 is 1.33 bits per heavy atom. The van der Waals surface area contributed by atoms with Crippen molar-refractivity contribution in [2.75, 3.05) is 10.0 Å². The Morgan fingerprint density at radius 1 is 0.750 bits per heavy atom. The lowest BCUT2D eigenvalue weighted by Gasteiger charge is -2.47. The van der Waals surface area contributed by atoms with E-state index in [1.165, 1.54) is 11.8 Å². The second-order valence-corrected chi connectivity index (χ2v) is 10.5. The highest BCUT2D eigenvalue weighted by Gasteiger charge is 2.55. The van der Waals surface area contributed by atoms with E-state index in [0.29, 0.717) is 5.04 Å². The highest BCUT2D eigenvalue weighted by Crippen LogP contribution is 2.55. The summed E-state index contributed by atoms with van der Waals surface area (Å²) in [4.78, 5) is 11.8. The summed E-state index contributed by atoms with van der Waals surface area (Å²) < 4.78 is 0.969. The van der Waals surface area contributed by atoms with Crippen LogP contribution in [0.3, 0.4) is 0 Å². The molecule has 7 heteroatoms. The van der Waals surface area contributed by atoms with E-state index in [0.717, 1.165) is 38.2 Å². The molecule has 4 aromatic carbocycles. The molecule has 0 N–H and O–H groups in total. The molecule has 4 aromatic rings. The molecule has 5 nitrogen and oxygen atoms in total. The maximum absolute atomic E-state index is 12.7. The van der Waals surface area contributed by atoms with E-state index in [9.17, 15) is 4.79 Å². The van der Waals surface area contributed by atoms with Gasteiger partial charge in [-0.05, 0) is 48.2 Å². The molecule has 0 saturated carbocycles. The maximum Gasteiger partial charge on any atom is 0.234 e. The Balaban J connectivity index is 1.66. The lowest BCUT2D eigenvalue weighted by Crippen LogP contribution is -2.54. The Labute approximate surface area is 222 Å². The Hall–Kier alpha value is -3.68. The number of nitrogens with zero attached hydrogens (tertiary/aromatic N) is 4. The van der Waals surface area contributed by atoms with Crippen LogP contribution in [0.15, 0.2) is 124 Å². The van der Waals surface area contributed by atoms with Crippen LogP contribution in [0.25, 0.3) is 0 Å². The fraction of sp³-hybridized carbons (Fsp3) is 0.0690. The van der Waals surface area contributed by atoms with Crippen molar-refractivity contribution in [1.82, 2.24) is 0 Å². The lowest BCUT2D eigenvalue weighted by molar-refractivity contribution is -0.110. The predicted molar refractivity (Wildman–Crippen MR) is 151 cm³/mol. The molecule has 0 aliphatic carbocycles. The minimum Gasteiger partial charge on any atom is -0.292 e. The molecule has 0 fully saturated rings. The number of ketones is 1. The van der Waals surface area contributed by atoms with Gasteiger partial charge in [0.25, 0.3) is 0 Å². The van der Waals surface area contributed by atoms with E-state index in [1.807, 2.05) is 94.9 Å². The van der Waals surface area contributed by atoms with Crippen molar-refractivity contribution in [2.24, 2.45) is 10.2 Å². The van der Waals surface area contributed by atoms with Crippen molar-refractivity contribution in [3.05, 3.63) is 130 Å². The van der Waals surface area contributed by atoms with Crippen molar-refractivity contribution in [2.45, 2.75) is 11.9 Å². The zero-order chi connectivity index (χ0) is 24.7. The molecule has 0 radical (unpaired) electrons. The van der Waals surface area contributed by atoms with Gasteiger partial charge in [0, 0.05) is 28.1 Å². The van der Waals surface area contributed by atoms with Gasteiger partial charge in [0.15, 0.2) is 10.8 Å². The first-order valence-electron chi connectivity index (χ1n) is 11.5. The first-order chi connectivity index (χ1) is 17.6. The molecule has 1 spiro atoms. The molecular formula is C29H21BrN4OS. The number of fused-ring (bicyclic) bond motifs is 2. The van der Waals surface area contributed by atoms with Crippen LogP contribution >= 0.6 is 27.7 Å². The second kappa shape index (κ2) is 9.08. The van der Waals surface area contributed by atoms with E-state index >= 15 is 0 Å². The van der Waals surface area contributed by atoms with Crippen molar-refractivity contribution < 1.29 is 4.79 Å². The summed E-state index contributed by atoms with van der Waals surface area (Å²) in [7, 11) is 0. The Bertz CT molecular complexity index is 1510. The lowest BCUT2D eigenvalue weighted by atomic mass is 9.93. The summed E-state index contributed by atoms with van der Waals surface area (Å²) in [6, 6.07) is 36.5. The zero-order valence-electron chi connectivity index (χ0n) is 19.4. The number of Topliss-reactive ketones (excluding diaryl/α,β-unsaturated/α-hetero) is 1. The van der Waals surface area contributed by atoms with Crippen molar-refractivity contribution in [3.8, 4) is 0 Å². The summed E-state index contributed by atoms with van der Waals surface area (Å²) in [6.45, 7) is 1.56. The molecule has 176 valence electrons. The zero-order valence-corrected chi connectivity index (χ0v) is 21.8. The maximum atomic E-state index is 12.7. The largest absolute Gasteiger partial charge is 0.292 e. The van der Waals surface area contributed by atoms with E-state index in [2.05, 4.69) is 40.2 Å². The van der Waals surface area contributed by atoms with Crippen LogP contribution < -0.4 is 10.0 Å². The fourth-order valence-electron chi connectivity index (χ4n) is 4.54. The Morgan fingerprint density at radius 3 is 2.03 bits per heavy atom. The van der Waals surface area contributed by atoms with Gasteiger partial charge < -0.3 is 0 Å². The van der Waals surface area contributed by atoms with Crippen LogP contribution in [-0.2, 0) is 9.79 Å². The summed E-state index contributed by atoms with van der Waals surface area (Å²) in [5, 5.41) is 14.5. The molecule has 2 aliphatic rings. The molecule has 0 bridgehead atoms. The third-order valence-electron chi connectivity index (χ3n) is 6.16. The number of hydrogen-bond acceptors (Lipinski definition) is 6. The van der Waals surface area contributed by atoms with Gasteiger partial charge in [0.1, 0.15) is 0 Å². The van der Waals surface area contributed by atoms with Crippen LogP contribution in [0.5, 0.6) is 0 Å². The molecule has 6 rings (SSSR count). The quantitative estimate of drug-likeness (QED) is 0.274. The summed E-state index contributed by atoms with van der Waals surface area (Å²) in [6.07, 6.45) is 0.